The lowest BCUT2D eigenvalue weighted by Gasteiger charge is -2.05. The Morgan fingerprint density at radius 1 is 0.844 bits per heavy atom. The van der Waals surface area contributed by atoms with Crippen LogP contribution in [0.25, 0.3) is 21.7 Å². The normalized spacial score (nSPS) is 10.6. The van der Waals surface area contributed by atoms with E-state index >= 15 is 0 Å². The third kappa shape index (κ3) is 5.15. The number of aromatic nitrogens is 1. The molecule has 4 rings (SSSR count). The van der Waals surface area contributed by atoms with Crippen molar-refractivity contribution in [2.45, 2.75) is 13.0 Å². The van der Waals surface area contributed by atoms with Crippen LogP contribution in [0.4, 0.5) is 0 Å². The van der Waals surface area contributed by atoms with Gasteiger partial charge in [-0.05, 0) is 59.7 Å². The Hall–Kier alpha value is -3.64. The van der Waals surface area contributed by atoms with Crippen LogP contribution in [0.1, 0.15) is 10.6 Å². The molecule has 32 heavy (non-hydrogen) atoms. The van der Waals surface area contributed by atoms with Crippen LogP contribution >= 0.6 is 11.3 Å². The minimum atomic E-state index is -0.0508. The summed E-state index contributed by atoms with van der Waals surface area (Å²) >= 11 is 1.54. The monoisotopic (exact) mass is 444 g/mol. The number of rotatable bonds is 8. The summed E-state index contributed by atoms with van der Waals surface area (Å²) in [6, 6.07) is 25.6. The fourth-order valence-corrected chi connectivity index (χ4v) is 4.41. The molecule has 0 aliphatic heterocycles. The number of carbonyl (C=O) groups excluding carboxylic acids is 1. The first-order valence-corrected chi connectivity index (χ1v) is 11.1. The van der Waals surface area contributed by atoms with Gasteiger partial charge in [0.05, 0.1) is 31.2 Å². The molecule has 162 valence electrons. The van der Waals surface area contributed by atoms with E-state index in [4.69, 9.17) is 14.5 Å². The molecule has 6 heteroatoms. The zero-order chi connectivity index (χ0) is 22.3. The van der Waals surface area contributed by atoms with E-state index in [9.17, 15) is 4.79 Å². The summed E-state index contributed by atoms with van der Waals surface area (Å²) in [7, 11) is 3.30. The molecule has 0 saturated heterocycles. The highest BCUT2D eigenvalue weighted by Crippen LogP contribution is 2.38. The maximum Gasteiger partial charge on any atom is 0.227 e. The molecule has 1 N–H and O–H groups in total. The minimum Gasteiger partial charge on any atom is -0.497 e. The van der Waals surface area contributed by atoms with E-state index < -0.39 is 0 Å². The maximum atomic E-state index is 12.6. The number of thiazole rings is 1. The Kier molecular flexibility index (Phi) is 6.82. The second-order valence-corrected chi connectivity index (χ2v) is 8.27. The van der Waals surface area contributed by atoms with Gasteiger partial charge in [-0.25, -0.2) is 4.98 Å². The van der Waals surface area contributed by atoms with Crippen LogP contribution in [0, 0.1) is 0 Å². The molecule has 1 heterocycles. The van der Waals surface area contributed by atoms with Crippen LogP contribution in [0.2, 0.25) is 0 Å². The first-order chi connectivity index (χ1) is 15.7. The summed E-state index contributed by atoms with van der Waals surface area (Å²) in [6.07, 6.45) is 0.233. The molecule has 0 aliphatic carbocycles. The Morgan fingerprint density at radius 2 is 1.44 bits per heavy atom. The number of nitrogens with one attached hydrogen (secondary N) is 1. The lowest BCUT2D eigenvalue weighted by atomic mass is 10.1. The predicted molar refractivity (Wildman–Crippen MR) is 128 cm³/mol. The molecule has 0 spiro atoms. The van der Waals surface area contributed by atoms with E-state index in [0.29, 0.717) is 6.54 Å². The van der Waals surface area contributed by atoms with Crippen molar-refractivity contribution in [2.75, 3.05) is 14.2 Å². The van der Waals surface area contributed by atoms with E-state index in [-0.39, 0.29) is 12.3 Å². The quantitative estimate of drug-likeness (QED) is 0.398. The van der Waals surface area contributed by atoms with Crippen molar-refractivity contribution in [3.05, 3.63) is 89.4 Å². The van der Waals surface area contributed by atoms with Crippen molar-refractivity contribution in [1.29, 1.82) is 0 Å². The fraction of sp³-hybridized carbons (Fsp3) is 0.154. The van der Waals surface area contributed by atoms with E-state index in [1.165, 1.54) is 11.3 Å². The van der Waals surface area contributed by atoms with Gasteiger partial charge < -0.3 is 14.8 Å². The Balaban J connectivity index is 1.59. The molecule has 0 aliphatic rings. The van der Waals surface area contributed by atoms with Crippen LogP contribution in [0.15, 0.2) is 78.9 Å². The first-order valence-electron chi connectivity index (χ1n) is 10.3. The van der Waals surface area contributed by atoms with Crippen LogP contribution < -0.4 is 14.8 Å². The van der Waals surface area contributed by atoms with Gasteiger partial charge in [0.15, 0.2) is 0 Å². The van der Waals surface area contributed by atoms with Gasteiger partial charge in [-0.1, -0.05) is 30.3 Å². The number of ether oxygens (including phenoxy) is 2. The standard InChI is InChI=1S/C26H24N2O3S/c1-30-21-12-8-19(9-13-21)25-26(20-10-14-22(31-2)15-11-20)32-24(28-25)16-23(29)27-17-18-6-4-3-5-7-18/h3-15H,16-17H2,1-2H3,(H,27,29). The summed E-state index contributed by atoms with van der Waals surface area (Å²) in [4.78, 5) is 18.4. The molecule has 1 amide bonds. The zero-order valence-electron chi connectivity index (χ0n) is 18.0. The third-order valence-electron chi connectivity index (χ3n) is 5.03. The molecule has 3 aromatic carbocycles. The van der Waals surface area contributed by atoms with Gasteiger partial charge in [-0.3, -0.25) is 4.79 Å². The third-order valence-corrected chi connectivity index (χ3v) is 6.14. The van der Waals surface area contributed by atoms with Crippen LogP contribution in [0.5, 0.6) is 11.5 Å². The Bertz CT molecular complexity index is 1110. The van der Waals surface area contributed by atoms with Gasteiger partial charge in [-0.2, -0.15) is 0 Å². The molecule has 5 nitrogen and oxygen atoms in total. The molecule has 0 atom stereocenters. The average molecular weight is 445 g/mol. The van der Waals surface area contributed by atoms with E-state index in [1.54, 1.807) is 14.2 Å². The van der Waals surface area contributed by atoms with Gasteiger partial charge in [0.2, 0.25) is 5.91 Å². The van der Waals surface area contributed by atoms with Crippen molar-refractivity contribution in [1.82, 2.24) is 10.3 Å². The van der Waals surface area contributed by atoms with E-state index in [0.717, 1.165) is 43.8 Å². The largest absolute Gasteiger partial charge is 0.497 e. The lowest BCUT2D eigenvalue weighted by molar-refractivity contribution is -0.120. The first kappa shape index (κ1) is 21.6. The molecular formula is C26H24N2O3S. The number of carbonyl (C=O) groups is 1. The minimum absolute atomic E-state index is 0.0508. The zero-order valence-corrected chi connectivity index (χ0v) is 18.8. The molecule has 0 saturated carbocycles. The van der Waals surface area contributed by atoms with Crippen molar-refractivity contribution in [2.24, 2.45) is 0 Å². The van der Waals surface area contributed by atoms with Crippen LogP contribution in [0.3, 0.4) is 0 Å². The number of methoxy groups -OCH3 is 2. The van der Waals surface area contributed by atoms with Crippen molar-refractivity contribution < 1.29 is 14.3 Å². The highest BCUT2D eigenvalue weighted by atomic mass is 32.1. The Labute approximate surface area is 191 Å². The fourth-order valence-electron chi connectivity index (χ4n) is 3.32. The number of amides is 1. The van der Waals surface area contributed by atoms with E-state index in [1.807, 2.05) is 78.9 Å². The smallest absolute Gasteiger partial charge is 0.227 e. The van der Waals surface area contributed by atoms with Gasteiger partial charge >= 0.3 is 0 Å². The van der Waals surface area contributed by atoms with Gasteiger partial charge in [0.1, 0.15) is 16.5 Å². The maximum absolute atomic E-state index is 12.6. The van der Waals surface area contributed by atoms with Crippen molar-refractivity contribution >= 4 is 17.2 Å². The summed E-state index contributed by atoms with van der Waals surface area (Å²) in [6.45, 7) is 0.502. The van der Waals surface area contributed by atoms with Crippen LogP contribution in [-0.4, -0.2) is 25.1 Å². The molecule has 0 radical (unpaired) electrons. The summed E-state index contributed by atoms with van der Waals surface area (Å²) < 4.78 is 10.6. The van der Waals surface area contributed by atoms with Gasteiger partial charge in [0.25, 0.3) is 0 Å². The summed E-state index contributed by atoms with van der Waals surface area (Å²) in [5.74, 6) is 1.53. The molecule has 4 aromatic rings. The molecule has 0 unspecified atom stereocenters. The van der Waals surface area contributed by atoms with Crippen LogP contribution in [-0.2, 0) is 17.8 Å². The number of hydrogen-bond acceptors (Lipinski definition) is 5. The lowest BCUT2D eigenvalue weighted by Crippen LogP contribution is -2.24. The van der Waals surface area contributed by atoms with Crippen molar-refractivity contribution in [3.63, 3.8) is 0 Å². The Morgan fingerprint density at radius 3 is 2.03 bits per heavy atom. The highest BCUT2D eigenvalue weighted by Gasteiger charge is 2.17. The molecule has 0 fully saturated rings. The number of benzene rings is 3. The van der Waals surface area contributed by atoms with E-state index in [2.05, 4.69) is 5.32 Å². The predicted octanol–water partition coefficient (Wildman–Crippen LogP) is 5.35. The molecule has 0 bridgehead atoms. The second-order valence-electron chi connectivity index (χ2n) is 7.18. The summed E-state index contributed by atoms with van der Waals surface area (Å²) in [5.41, 5.74) is 3.93. The second kappa shape index (κ2) is 10.1. The molecular weight excluding hydrogens is 420 g/mol. The SMILES string of the molecule is COc1ccc(-c2nc(CC(=O)NCc3ccccc3)sc2-c2ccc(OC)cc2)cc1. The van der Waals surface area contributed by atoms with Gasteiger partial charge in [-0.15, -0.1) is 11.3 Å². The average Bonchev–Trinajstić information content (AvgIpc) is 3.27. The number of hydrogen-bond donors (Lipinski definition) is 1. The highest BCUT2D eigenvalue weighted by molar-refractivity contribution is 7.15. The van der Waals surface area contributed by atoms with Crippen molar-refractivity contribution in [3.8, 4) is 33.2 Å². The van der Waals surface area contributed by atoms with Gasteiger partial charge in [0, 0.05) is 12.1 Å². The topological polar surface area (TPSA) is 60.5 Å². The number of nitrogens with zero attached hydrogens (tertiary/aromatic N) is 1. The summed E-state index contributed by atoms with van der Waals surface area (Å²) in [5, 5.41) is 3.75. The molecule has 1 aromatic heterocycles.